The lowest BCUT2D eigenvalue weighted by Crippen LogP contribution is -2.08. The molecule has 2 N–H and O–H groups in total. The molecule has 8 heteroatoms. The van der Waals surface area contributed by atoms with Crippen LogP contribution in [0.15, 0.2) is 42.7 Å². The highest BCUT2D eigenvalue weighted by Gasteiger charge is 2.20. The molecule has 0 aliphatic rings. The quantitative estimate of drug-likeness (QED) is 0.607. The number of nitrogen functional groups attached to an aromatic ring is 1. The summed E-state index contributed by atoms with van der Waals surface area (Å²) in [4.78, 5) is 8.16. The summed E-state index contributed by atoms with van der Waals surface area (Å²) in [6, 6.07) is 9.59. The van der Waals surface area contributed by atoms with Gasteiger partial charge in [-0.25, -0.2) is 14.4 Å². The summed E-state index contributed by atoms with van der Waals surface area (Å²) in [5.74, 6) is -0.133. The van der Waals surface area contributed by atoms with Crippen molar-refractivity contribution in [2.45, 2.75) is 13.0 Å². The molecule has 27 heavy (non-hydrogen) atoms. The fourth-order valence-corrected chi connectivity index (χ4v) is 3.18. The van der Waals surface area contributed by atoms with Crippen molar-refractivity contribution < 1.29 is 9.13 Å². The van der Waals surface area contributed by atoms with E-state index in [4.69, 9.17) is 38.9 Å². The number of nitriles is 1. The number of pyridine rings is 2. The molecule has 0 radical (unpaired) electrons. The molecule has 0 spiro atoms. The van der Waals surface area contributed by atoms with Crippen LogP contribution >= 0.6 is 23.2 Å². The van der Waals surface area contributed by atoms with Crippen molar-refractivity contribution in [1.29, 1.82) is 5.26 Å². The lowest BCUT2D eigenvalue weighted by molar-refractivity contribution is 0.227. The van der Waals surface area contributed by atoms with Gasteiger partial charge in [0.1, 0.15) is 23.7 Å². The van der Waals surface area contributed by atoms with Crippen LogP contribution in [0.1, 0.15) is 24.3 Å². The molecule has 1 aromatic carbocycles. The second-order valence-electron chi connectivity index (χ2n) is 5.67. The minimum atomic E-state index is -0.667. The fraction of sp³-hybridized carbons (Fsp3) is 0.105. The molecule has 1 unspecified atom stereocenters. The van der Waals surface area contributed by atoms with Gasteiger partial charge in [-0.1, -0.05) is 23.2 Å². The van der Waals surface area contributed by atoms with Crippen LogP contribution in [-0.2, 0) is 0 Å². The summed E-state index contributed by atoms with van der Waals surface area (Å²) < 4.78 is 19.6. The normalized spacial score (nSPS) is 11.7. The van der Waals surface area contributed by atoms with Crippen molar-refractivity contribution in [2.24, 2.45) is 0 Å². The Balaban J connectivity index is 1.93. The Hall–Kier alpha value is -2.88. The van der Waals surface area contributed by atoms with Crippen LogP contribution in [-0.4, -0.2) is 9.97 Å². The molecule has 0 bridgehead atoms. The van der Waals surface area contributed by atoms with E-state index in [0.717, 1.165) is 5.56 Å². The number of nitrogens with two attached hydrogens (primary N) is 1. The van der Waals surface area contributed by atoms with Gasteiger partial charge >= 0.3 is 0 Å². The molecule has 136 valence electrons. The van der Waals surface area contributed by atoms with Gasteiger partial charge < -0.3 is 10.5 Å². The number of benzene rings is 1. The van der Waals surface area contributed by atoms with E-state index in [-0.39, 0.29) is 15.9 Å². The van der Waals surface area contributed by atoms with Crippen molar-refractivity contribution in [1.82, 2.24) is 9.97 Å². The van der Waals surface area contributed by atoms with Gasteiger partial charge in [0, 0.05) is 34.1 Å². The number of hydrogen-bond acceptors (Lipinski definition) is 5. The lowest BCUT2D eigenvalue weighted by Gasteiger charge is -2.19. The Bertz CT molecular complexity index is 1040. The molecule has 1 atom stereocenters. The van der Waals surface area contributed by atoms with Crippen LogP contribution in [0, 0.1) is 17.1 Å². The Morgan fingerprint density at radius 1 is 1.15 bits per heavy atom. The molecule has 3 rings (SSSR count). The minimum absolute atomic E-state index is 0.103. The van der Waals surface area contributed by atoms with E-state index >= 15 is 0 Å². The molecular formula is C19H13Cl2FN4O. The number of ether oxygens (including phenoxy) is 1. The van der Waals surface area contributed by atoms with Gasteiger partial charge in [-0.05, 0) is 37.3 Å². The zero-order valence-electron chi connectivity index (χ0n) is 14.1. The van der Waals surface area contributed by atoms with Crippen LogP contribution in [0.2, 0.25) is 10.0 Å². The average molecular weight is 403 g/mol. The SMILES string of the molecule is CC(Oc1cc(-c2ccc(C#N)nc2)cnc1N)c1c(Cl)ccc(F)c1Cl. The van der Waals surface area contributed by atoms with Crippen LogP contribution in [0.4, 0.5) is 10.2 Å². The van der Waals surface area contributed by atoms with Crippen LogP contribution in [0.5, 0.6) is 5.75 Å². The van der Waals surface area contributed by atoms with Gasteiger partial charge in [-0.3, -0.25) is 0 Å². The standard InChI is InChI=1S/C19H13Cl2FN4O/c1-10(17-14(20)4-5-15(22)18(17)21)27-16-6-12(9-26-19(16)24)11-2-3-13(7-23)25-8-11/h2-6,8-10H,1H3,(H2,24,26). The molecule has 2 heterocycles. The molecule has 5 nitrogen and oxygen atoms in total. The summed E-state index contributed by atoms with van der Waals surface area (Å²) in [6.07, 6.45) is 2.45. The lowest BCUT2D eigenvalue weighted by atomic mass is 10.1. The fourth-order valence-electron chi connectivity index (χ4n) is 2.50. The van der Waals surface area contributed by atoms with Gasteiger partial charge in [0.15, 0.2) is 11.6 Å². The first-order valence-corrected chi connectivity index (χ1v) is 8.58. The highest BCUT2D eigenvalue weighted by molar-refractivity contribution is 6.36. The van der Waals surface area contributed by atoms with Crippen molar-refractivity contribution in [3.8, 4) is 22.9 Å². The molecule has 3 aromatic rings. The second-order valence-corrected chi connectivity index (χ2v) is 6.45. The molecule has 0 aliphatic heterocycles. The summed E-state index contributed by atoms with van der Waals surface area (Å²) in [6.45, 7) is 1.68. The zero-order chi connectivity index (χ0) is 19.6. The molecule has 0 saturated carbocycles. The van der Waals surface area contributed by atoms with Gasteiger partial charge in [0.25, 0.3) is 0 Å². The first-order valence-electron chi connectivity index (χ1n) is 7.82. The van der Waals surface area contributed by atoms with Crippen molar-refractivity contribution in [2.75, 3.05) is 5.73 Å². The first kappa shape index (κ1) is 18.9. The first-order chi connectivity index (χ1) is 12.9. The molecule has 2 aromatic heterocycles. The third kappa shape index (κ3) is 3.95. The van der Waals surface area contributed by atoms with Crippen molar-refractivity contribution in [3.63, 3.8) is 0 Å². The summed E-state index contributed by atoms with van der Waals surface area (Å²) in [5.41, 5.74) is 7.97. The third-order valence-corrected chi connectivity index (χ3v) is 4.60. The Labute approximate surface area is 165 Å². The Kier molecular flexibility index (Phi) is 5.45. The predicted octanol–water partition coefficient (Wildman–Crippen LogP) is 5.18. The third-order valence-electron chi connectivity index (χ3n) is 3.88. The zero-order valence-corrected chi connectivity index (χ0v) is 15.6. The number of nitrogens with zero attached hydrogens (tertiary/aromatic N) is 3. The monoisotopic (exact) mass is 402 g/mol. The highest BCUT2D eigenvalue weighted by Crippen LogP contribution is 2.36. The largest absolute Gasteiger partial charge is 0.482 e. The molecule has 0 aliphatic carbocycles. The van der Waals surface area contributed by atoms with Crippen LogP contribution in [0.25, 0.3) is 11.1 Å². The molecule has 0 amide bonds. The van der Waals surface area contributed by atoms with E-state index in [9.17, 15) is 4.39 Å². The number of hydrogen-bond donors (Lipinski definition) is 1. The molecular weight excluding hydrogens is 390 g/mol. The van der Waals surface area contributed by atoms with E-state index in [1.165, 1.54) is 12.1 Å². The summed E-state index contributed by atoms with van der Waals surface area (Å²) >= 11 is 12.2. The van der Waals surface area contributed by atoms with E-state index in [1.807, 2.05) is 6.07 Å². The average Bonchev–Trinajstić information content (AvgIpc) is 2.67. The van der Waals surface area contributed by atoms with Crippen molar-refractivity contribution >= 4 is 29.0 Å². The van der Waals surface area contributed by atoms with Gasteiger partial charge in [0.2, 0.25) is 0 Å². The Morgan fingerprint density at radius 2 is 1.89 bits per heavy atom. The maximum Gasteiger partial charge on any atom is 0.166 e. The summed E-state index contributed by atoms with van der Waals surface area (Å²) in [5, 5.41) is 9.02. The predicted molar refractivity (Wildman–Crippen MR) is 102 cm³/mol. The van der Waals surface area contributed by atoms with Crippen LogP contribution < -0.4 is 10.5 Å². The molecule has 0 fully saturated rings. The van der Waals surface area contributed by atoms with Gasteiger partial charge in [-0.15, -0.1) is 0 Å². The smallest absolute Gasteiger partial charge is 0.166 e. The van der Waals surface area contributed by atoms with E-state index in [0.29, 0.717) is 22.6 Å². The number of anilines is 1. The highest BCUT2D eigenvalue weighted by atomic mass is 35.5. The second kappa shape index (κ2) is 7.78. The van der Waals surface area contributed by atoms with E-state index < -0.39 is 11.9 Å². The van der Waals surface area contributed by atoms with Crippen LogP contribution in [0.3, 0.4) is 0 Å². The summed E-state index contributed by atoms with van der Waals surface area (Å²) in [7, 11) is 0. The maximum absolute atomic E-state index is 13.8. The van der Waals surface area contributed by atoms with Gasteiger partial charge in [-0.2, -0.15) is 5.26 Å². The number of rotatable bonds is 4. The Morgan fingerprint density at radius 3 is 2.56 bits per heavy atom. The maximum atomic E-state index is 13.8. The van der Waals surface area contributed by atoms with E-state index in [2.05, 4.69) is 9.97 Å². The number of halogens is 3. The molecule has 0 saturated heterocycles. The minimum Gasteiger partial charge on any atom is -0.482 e. The van der Waals surface area contributed by atoms with E-state index in [1.54, 1.807) is 37.5 Å². The number of aromatic nitrogens is 2. The van der Waals surface area contributed by atoms with Crippen molar-refractivity contribution in [3.05, 3.63) is 69.8 Å². The van der Waals surface area contributed by atoms with Gasteiger partial charge in [0.05, 0.1) is 5.02 Å². The topological polar surface area (TPSA) is 84.8 Å².